The highest BCUT2D eigenvalue weighted by Crippen LogP contribution is 2.22. The van der Waals surface area contributed by atoms with Crippen LogP contribution in [0.5, 0.6) is 0 Å². The number of amides is 1. The standard InChI is InChI=1S/C16H22N2O3/c1-18(13-7-5-3-2-4-6-8-13)15(19)12-9-10-17-14(11-12)16(20)21/h9-11,13H,2-8H2,1H3,(H,20,21). The Bertz CT molecular complexity index is 508. The highest BCUT2D eigenvalue weighted by atomic mass is 16.4. The van der Waals surface area contributed by atoms with Gasteiger partial charge in [0.15, 0.2) is 0 Å². The minimum atomic E-state index is -1.11. The van der Waals surface area contributed by atoms with Crippen molar-refractivity contribution in [3.05, 3.63) is 29.6 Å². The van der Waals surface area contributed by atoms with Gasteiger partial charge in [0.2, 0.25) is 0 Å². The molecule has 0 radical (unpaired) electrons. The van der Waals surface area contributed by atoms with E-state index in [2.05, 4.69) is 4.98 Å². The average molecular weight is 290 g/mol. The summed E-state index contributed by atoms with van der Waals surface area (Å²) in [5.74, 6) is -1.23. The van der Waals surface area contributed by atoms with E-state index in [1.54, 1.807) is 11.0 Å². The van der Waals surface area contributed by atoms with Gasteiger partial charge in [-0.1, -0.05) is 32.1 Å². The Labute approximate surface area is 125 Å². The van der Waals surface area contributed by atoms with E-state index in [9.17, 15) is 9.59 Å². The van der Waals surface area contributed by atoms with E-state index in [4.69, 9.17) is 5.11 Å². The fourth-order valence-electron chi connectivity index (χ4n) is 2.87. The quantitative estimate of drug-likeness (QED) is 0.929. The van der Waals surface area contributed by atoms with E-state index in [-0.39, 0.29) is 17.6 Å². The van der Waals surface area contributed by atoms with E-state index >= 15 is 0 Å². The lowest BCUT2D eigenvalue weighted by atomic mass is 9.95. The topological polar surface area (TPSA) is 70.5 Å². The summed E-state index contributed by atoms with van der Waals surface area (Å²) in [5.41, 5.74) is 0.305. The Kier molecular flexibility index (Phi) is 5.31. The second-order valence-corrected chi connectivity index (χ2v) is 5.65. The van der Waals surface area contributed by atoms with Gasteiger partial charge < -0.3 is 10.0 Å². The smallest absolute Gasteiger partial charge is 0.354 e. The van der Waals surface area contributed by atoms with Gasteiger partial charge in [-0.3, -0.25) is 4.79 Å². The van der Waals surface area contributed by atoms with Crippen LogP contribution in [0.15, 0.2) is 18.3 Å². The van der Waals surface area contributed by atoms with Crippen molar-refractivity contribution in [2.45, 2.75) is 51.0 Å². The normalized spacial score (nSPS) is 16.8. The molecule has 1 N–H and O–H groups in total. The van der Waals surface area contributed by atoms with Crippen LogP contribution in [0, 0.1) is 0 Å². The van der Waals surface area contributed by atoms with Crippen molar-refractivity contribution in [2.75, 3.05) is 7.05 Å². The molecule has 114 valence electrons. The largest absolute Gasteiger partial charge is 0.477 e. The lowest BCUT2D eigenvalue weighted by molar-refractivity contribution is 0.0690. The van der Waals surface area contributed by atoms with Gasteiger partial charge in [0.25, 0.3) is 5.91 Å². The second-order valence-electron chi connectivity index (χ2n) is 5.65. The zero-order valence-electron chi connectivity index (χ0n) is 12.4. The van der Waals surface area contributed by atoms with E-state index in [1.807, 2.05) is 7.05 Å². The predicted octanol–water partition coefficient (Wildman–Crippen LogP) is 2.96. The van der Waals surface area contributed by atoms with Gasteiger partial charge in [0.05, 0.1) is 0 Å². The number of carbonyl (C=O) groups excluding carboxylic acids is 1. The summed E-state index contributed by atoms with van der Waals surface area (Å²) in [6, 6.07) is 3.18. The minimum absolute atomic E-state index is 0.0908. The zero-order valence-corrected chi connectivity index (χ0v) is 12.4. The third-order valence-corrected chi connectivity index (χ3v) is 4.17. The molecule has 2 rings (SSSR count). The van der Waals surface area contributed by atoms with Gasteiger partial charge in [-0.15, -0.1) is 0 Å². The molecule has 5 heteroatoms. The van der Waals surface area contributed by atoms with Crippen LogP contribution in [0.1, 0.15) is 65.8 Å². The van der Waals surface area contributed by atoms with Crippen molar-refractivity contribution in [1.29, 1.82) is 0 Å². The summed E-state index contributed by atoms with van der Waals surface area (Å²) in [5, 5.41) is 8.96. The molecule has 0 spiro atoms. The maximum atomic E-state index is 12.5. The molecule has 21 heavy (non-hydrogen) atoms. The SMILES string of the molecule is CN(C(=O)c1ccnc(C(=O)O)c1)C1CCCCCCC1. The Morgan fingerprint density at radius 3 is 2.43 bits per heavy atom. The number of carboxylic acid groups (broad SMARTS) is 1. The number of aromatic nitrogens is 1. The van der Waals surface area contributed by atoms with Crippen LogP contribution in [-0.4, -0.2) is 40.0 Å². The van der Waals surface area contributed by atoms with Crippen molar-refractivity contribution < 1.29 is 14.7 Å². The molecule has 1 fully saturated rings. The van der Waals surface area contributed by atoms with Crippen LogP contribution in [0.4, 0.5) is 0 Å². The molecule has 1 heterocycles. The Balaban J connectivity index is 2.10. The van der Waals surface area contributed by atoms with Crippen LogP contribution in [0.25, 0.3) is 0 Å². The van der Waals surface area contributed by atoms with Crippen LogP contribution in [0.3, 0.4) is 0 Å². The molecule has 0 atom stereocenters. The number of nitrogens with zero attached hydrogens (tertiary/aromatic N) is 2. The second kappa shape index (κ2) is 7.20. The number of rotatable bonds is 3. The van der Waals surface area contributed by atoms with E-state index in [0.717, 1.165) is 25.7 Å². The molecular weight excluding hydrogens is 268 g/mol. The highest BCUT2D eigenvalue weighted by molar-refractivity contribution is 5.96. The van der Waals surface area contributed by atoms with Crippen molar-refractivity contribution in [3.8, 4) is 0 Å². The Morgan fingerprint density at radius 1 is 1.19 bits per heavy atom. The Morgan fingerprint density at radius 2 is 1.81 bits per heavy atom. The molecule has 1 aromatic rings. The van der Waals surface area contributed by atoms with Crippen LogP contribution in [-0.2, 0) is 0 Å². The van der Waals surface area contributed by atoms with Crippen molar-refractivity contribution in [3.63, 3.8) is 0 Å². The van der Waals surface area contributed by atoms with E-state index in [0.29, 0.717) is 5.56 Å². The number of hydrogen-bond acceptors (Lipinski definition) is 3. The van der Waals surface area contributed by atoms with Crippen LogP contribution >= 0.6 is 0 Å². The first-order valence-electron chi connectivity index (χ1n) is 7.56. The molecule has 0 saturated heterocycles. The average Bonchev–Trinajstić information content (AvgIpc) is 2.45. The van der Waals surface area contributed by atoms with Crippen molar-refractivity contribution in [2.24, 2.45) is 0 Å². The fourth-order valence-corrected chi connectivity index (χ4v) is 2.87. The molecule has 0 unspecified atom stereocenters. The van der Waals surface area contributed by atoms with Gasteiger partial charge in [0, 0.05) is 24.8 Å². The fraction of sp³-hybridized carbons (Fsp3) is 0.562. The summed E-state index contributed by atoms with van der Waals surface area (Å²) < 4.78 is 0. The predicted molar refractivity (Wildman–Crippen MR) is 79.4 cm³/mol. The molecule has 1 aliphatic rings. The zero-order chi connectivity index (χ0) is 15.2. The Hall–Kier alpha value is -1.91. The lowest BCUT2D eigenvalue weighted by Gasteiger charge is -2.29. The summed E-state index contributed by atoms with van der Waals surface area (Å²) in [6.07, 6.45) is 9.49. The molecule has 0 bridgehead atoms. The first-order valence-corrected chi connectivity index (χ1v) is 7.56. The van der Waals surface area contributed by atoms with Gasteiger partial charge in [0.1, 0.15) is 5.69 Å². The molecule has 1 aromatic heterocycles. The van der Waals surface area contributed by atoms with Gasteiger partial charge in [-0.25, -0.2) is 9.78 Å². The number of aromatic carboxylic acids is 1. The number of carbonyl (C=O) groups is 2. The van der Waals surface area contributed by atoms with Crippen LogP contribution < -0.4 is 0 Å². The molecule has 1 amide bonds. The van der Waals surface area contributed by atoms with Gasteiger partial charge in [-0.2, -0.15) is 0 Å². The minimum Gasteiger partial charge on any atom is -0.477 e. The van der Waals surface area contributed by atoms with Crippen molar-refractivity contribution in [1.82, 2.24) is 9.88 Å². The molecule has 1 saturated carbocycles. The maximum absolute atomic E-state index is 12.5. The summed E-state index contributed by atoms with van der Waals surface area (Å²) in [7, 11) is 1.81. The lowest BCUT2D eigenvalue weighted by Crippen LogP contribution is -2.37. The van der Waals surface area contributed by atoms with Gasteiger partial charge >= 0.3 is 5.97 Å². The molecule has 0 aliphatic heterocycles. The summed E-state index contributed by atoms with van der Waals surface area (Å²) in [4.78, 5) is 29.0. The monoisotopic (exact) mass is 290 g/mol. The van der Waals surface area contributed by atoms with Crippen LogP contribution in [0.2, 0.25) is 0 Å². The third-order valence-electron chi connectivity index (χ3n) is 4.17. The molecule has 0 aromatic carbocycles. The van der Waals surface area contributed by atoms with Crippen molar-refractivity contribution >= 4 is 11.9 Å². The highest BCUT2D eigenvalue weighted by Gasteiger charge is 2.22. The molecule has 5 nitrogen and oxygen atoms in total. The number of carboxylic acids is 1. The third kappa shape index (κ3) is 4.03. The van der Waals surface area contributed by atoms with E-state index in [1.165, 1.54) is 31.5 Å². The summed E-state index contributed by atoms with van der Waals surface area (Å²) in [6.45, 7) is 0. The van der Waals surface area contributed by atoms with E-state index < -0.39 is 5.97 Å². The number of pyridine rings is 1. The molecular formula is C16H22N2O3. The summed E-state index contributed by atoms with van der Waals surface area (Å²) >= 11 is 0. The first kappa shape index (κ1) is 15.5. The molecule has 1 aliphatic carbocycles. The van der Waals surface area contributed by atoms with Gasteiger partial charge in [-0.05, 0) is 25.0 Å². The maximum Gasteiger partial charge on any atom is 0.354 e. The first-order chi connectivity index (χ1) is 10.1. The number of hydrogen-bond donors (Lipinski definition) is 1.